The van der Waals surface area contributed by atoms with Crippen LogP contribution in [0.1, 0.15) is 10.4 Å². The lowest BCUT2D eigenvalue weighted by Gasteiger charge is -2.11. The maximum absolute atomic E-state index is 13.0. The number of halogens is 2. The summed E-state index contributed by atoms with van der Waals surface area (Å²) >= 11 is 1.89. The first-order valence-electron chi connectivity index (χ1n) is 5.83. The van der Waals surface area contributed by atoms with Crippen molar-refractivity contribution in [1.29, 1.82) is 0 Å². The second-order valence-corrected chi connectivity index (χ2v) is 5.22. The van der Waals surface area contributed by atoms with Gasteiger partial charge in [0.25, 0.3) is 0 Å². The maximum atomic E-state index is 13.0. The van der Waals surface area contributed by atoms with Gasteiger partial charge in [0.15, 0.2) is 0 Å². The molecule has 7 heteroatoms. The molecule has 0 aliphatic rings. The summed E-state index contributed by atoms with van der Waals surface area (Å²) in [6.45, 7) is 0. The van der Waals surface area contributed by atoms with Crippen molar-refractivity contribution in [3.05, 3.63) is 57.4 Å². The summed E-state index contributed by atoms with van der Waals surface area (Å²) in [6.07, 6.45) is 0. The molecule has 0 saturated carbocycles. The molecule has 0 atom stereocenters. The zero-order chi connectivity index (χ0) is 15.4. The lowest BCUT2D eigenvalue weighted by atomic mass is 10.2. The van der Waals surface area contributed by atoms with Gasteiger partial charge in [-0.3, -0.25) is 0 Å². The number of urea groups is 1. The zero-order valence-corrected chi connectivity index (χ0v) is 12.7. The third kappa shape index (κ3) is 3.91. The molecule has 0 unspecified atom stereocenters. The Balaban J connectivity index is 2.14. The van der Waals surface area contributed by atoms with Crippen molar-refractivity contribution in [3.8, 4) is 0 Å². The minimum absolute atomic E-state index is 0.0125. The fraction of sp³-hybridized carbons (Fsp3) is 0. The van der Waals surface area contributed by atoms with E-state index < -0.39 is 17.8 Å². The van der Waals surface area contributed by atoms with Crippen LogP contribution in [0.25, 0.3) is 0 Å². The molecule has 3 N–H and O–H groups in total. The first kappa shape index (κ1) is 15.2. The fourth-order valence-electron chi connectivity index (χ4n) is 1.65. The van der Waals surface area contributed by atoms with Crippen LogP contribution in [-0.2, 0) is 0 Å². The van der Waals surface area contributed by atoms with Crippen molar-refractivity contribution in [2.24, 2.45) is 0 Å². The summed E-state index contributed by atoms with van der Waals surface area (Å²) in [7, 11) is 0. The summed E-state index contributed by atoms with van der Waals surface area (Å²) in [5.74, 6) is -1.54. The number of carboxylic acids is 1. The Kier molecular flexibility index (Phi) is 4.73. The molecular weight excluding hydrogens is 390 g/mol. The maximum Gasteiger partial charge on any atom is 0.337 e. The van der Waals surface area contributed by atoms with Gasteiger partial charge in [-0.05, 0) is 52.9 Å². The Bertz CT molecular complexity index is 706. The number of hydrogen-bond donors (Lipinski definition) is 3. The Morgan fingerprint density at radius 3 is 2.38 bits per heavy atom. The van der Waals surface area contributed by atoms with E-state index in [1.807, 2.05) is 22.6 Å². The van der Waals surface area contributed by atoms with E-state index in [1.165, 1.54) is 30.3 Å². The number of carbonyl (C=O) groups is 2. The molecule has 108 valence electrons. The van der Waals surface area contributed by atoms with Crippen LogP contribution in [0.15, 0.2) is 42.5 Å². The molecule has 2 aromatic rings. The molecule has 0 saturated heterocycles. The van der Waals surface area contributed by atoms with Gasteiger partial charge < -0.3 is 15.7 Å². The van der Waals surface area contributed by atoms with Gasteiger partial charge in [0, 0.05) is 3.57 Å². The highest BCUT2D eigenvalue weighted by atomic mass is 127. The third-order valence-corrected chi connectivity index (χ3v) is 3.48. The number of para-hydroxylation sites is 1. The molecule has 0 aromatic heterocycles. The zero-order valence-electron chi connectivity index (χ0n) is 10.6. The van der Waals surface area contributed by atoms with Crippen LogP contribution in [0.2, 0.25) is 0 Å². The average molecular weight is 400 g/mol. The predicted molar refractivity (Wildman–Crippen MR) is 85.2 cm³/mol. The van der Waals surface area contributed by atoms with Gasteiger partial charge >= 0.3 is 12.0 Å². The monoisotopic (exact) mass is 400 g/mol. The molecule has 0 aliphatic heterocycles. The molecule has 0 fully saturated rings. The topological polar surface area (TPSA) is 78.4 Å². The second-order valence-electron chi connectivity index (χ2n) is 4.05. The largest absolute Gasteiger partial charge is 0.478 e. The number of aromatic carboxylic acids is 1. The number of anilines is 2. The Morgan fingerprint density at radius 1 is 1.05 bits per heavy atom. The number of amides is 2. The number of nitrogens with one attached hydrogen (secondary N) is 2. The van der Waals surface area contributed by atoms with Gasteiger partial charge in [-0.25, -0.2) is 14.0 Å². The Labute approximate surface area is 133 Å². The van der Waals surface area contributed by atoms with Crippen LogP contribution in [-0.4, -0.2) is 17.1 Å². The van der Waals surface area contributed by atoms with Crippen LogP contribution in [0.5, 0.6) is 0 Å². The van der Waals surface area contributed by atoms with Gasteiger partial charge in [0.2, 0.25) is 0 Å². The SMILES string of the molecule is O=C(Nc1ccc(F)cc1I)Nc1ccccc1C(=O)O. The average Bonchev–Trinajstić information content (AvgIpc) is 2.42. The van der Waals surface area contributed by atoms with E-state index in [1.54, 1.807) is 12.1 Å². The van der Waals surface area contributed by atoms with Crippen LogP contribution in [0, 0.1) is 9.39 Å². The van der Waals surface area contributed by atoms with E-state index in [2.05, 4.69) is 10.6 Å². The Hall–Kier alpha value is -2.16. The van der Waals surface area contributed by atoms with Crippen molar-refractivity contribution in [1.82, 2.24) is 0 Å². The molecule has 2 amide bonds. The molecule has 5 nitrogen and oxygen atoms in total. The van der Waals surface area contributed by atoms with Crippen LogP contribution >= 0.6 is 22.6 Å². The van der Waals surface area contributed by atoms with Crippen LogP contribution < -0.4 is 10.6 Å². The third-order valence-electron chi connectivity index (χ3n) is 2.59. The summed E-state index contributed by atoms with van der Waals surface area (Å²) in [5.41, 5.74) is 0.600. The van der Waals surface area contributed by atoms with E-state index in [-0.39, 0.29) is 11.3 Å². The van der Waals surface area contributed by atoms with E-state index in [0.717, 1.165) is 0 Å². The molecule has 2 rings (SSSR count). The van der Waals surface area contributed by atoms with Gasteiger partial charge in [0.05, 0.1) is 16.9 Å². The van der Waals surface area contributed by atoms with E-state index in [0.29, 0.717) is 9.26 Å². The van der Waals surface area contributed by atoms with Gasteiger partial charge in [-0.1, -0.05) is 12.1 Å². The second kappa shape index (κ2) is 6.53. The van der Waals surface area contributed by atoms with Crippen LogP contribution in [0.4, 0.5) is 20.6 Å². The molecule has 2 aromatic carbocycles. The summed E-state index contributed by atoms with van der Waals surface area (Å²) in [5, 5.41) is 14.0. The van der Waals surface area contributed by atoms with Gasteiger partial charge in [0.1, 0.15) is 5.82 Å². The highest BCUT2D eigenvalue weighted by Crippen LogP contribution is 2.20. The smallest absolute Gasteiger partial charge is 0.337 e. The van der Waals surface area contributed by atoms with E-state index in [9.17, 15) is 14.0 Å². The number of carboxylic acid groups (broad SMARTS) is 1. The molecule has 0 bridgehead atoms. The first-order chi connectivity index (χ1) is 9.97. The highest BCUT2D eigenvalue weighted by Gasteiger charge is 2.12. The predicted octanol–water partition coefficient (Wildman–Crippen LogP) is 3.77. The standard InChI is InChI=1S/C14H10FIN2O3/c15-8-5-6-12(10(16)7-8)18-14(21)17-11-4-2-1-3-9(11)13(19)20/h1-7H,(H,19,20)(H2,17,18,21). The van der Waals surface area contributed by atoms with Crippen molar-refractivity contribution >= 4 is 46.0 Å². The Morgan fingerprint density at radius 2 is 1.71 bits per heavy atom. The molecule has 0 spiro atoms. The number of benzene rings is 2. The number of carbonyl (C=O) groups excluding carboxylic acids is 1. The van der Waals surface area contributed by atoms with E-state index >= 15 is 0 Å². The highest BCUT2D eigenvalue weighted by molar-refractivity contribution is 14.1. The molecule has 0 heterocycles. The normalized spacial score (nSPS) is 10.0. The first-order valence-corrected chi connectivity index (χ1v) is 6.90. The lowest BCUT2D eigenvalue weighted by molar-refractivity contribution is 0.0698. The van der Waals surface area contributed by atoms with Crippen LogP contribution in [0.3, 0.4) is 0 Å². The van der Waals surface area contributed by atoms with Crippen molar-refractivity contribution in [3.63, 3.8) is 0 Å². The summed E-state index contributed by atoms with van der Waals surface area (Å²) in [6, 6.07) is 9.38. The fourth-order valence-corrected chi connectivity index (χ4v) is 2.26. The molecular formula is C14H10FIN2O3. The van der Waals surface area contributed by atoms with E-state index in [4.69, 9.17) is 5.11 Å². The minimum atomic E-state index is -1.14. The molecule has 0 radical (unpaired) electrons. The minimum Gasteiger partial charge on any atom is -0.478 e. The summed E-state index contributed by atoms with van der Waals surface area (Å²) < 4.78 is 13.5. The number of hydrogen-bond acceptors (Lipinski definition) is 2. The lowest BCUT2D eigenvalue weighted by Crippen LogP contribution is -2.21. The van der Waals surface area contributed by atoms with Crippen molar-refractivity contribution in [2.75, 3.05) is 10.6 Å². The summed E-state index contributed by atoms with van der Waals surface area (Å²) in [4.78, 5) is 22.9. The van der Waals surface area contributed by atoms with Gasteiger partial charge in [-0.2, -0.15) is 0 Å². The molecule has 0 aliphatic carbocycles. The number of rotatable bonds is 3. The van der Waals surface area contributed by atoms with Crippen molar-refractivity contribution < 1.29 is 19.1 Å². The quantitative estimate of drug-likeness (QED) is 0.687. The molecule has 21 heavy (non-hydrogen) atoms. The van der Waals surface area contributed by atoms with Gasteiger partial charge in [-0.15, -0.1) is 0 Å². The van der Waals surface area contributed by atoms with Crippen molar-refractivity contribution in [2.45, 2.75) is 0 Å².